The third-order valence-corrected chi connectivity index (χ3v) is 5.56. The number of piperidine rings is 1. The summed E-state index contributed by atoms with van der Waals surface area (Å²) < 4.78 is 8.38. The minimum absolute atomic E-state index is 0.263. The lowest BCUT2D eigenvalue weighted by atomic mass is 9.97. The molecule has 0 N–H and O–H groups in total. The maximum atomic E-state index is 12.5. The van der Waals surface area contributed by atoms with Gasteiger partial charge in [0.2, 0.25) is 5.91 Å². The van der Waals surface area contributed by atoms with Crippen LogP contribution in [0.15, 0.2) is 12.4 Å². The predicted molar refractivity (Wildman–Crippen MR) is 98.5 cm³/mol. The summed E-state index contributed by atoms with van der Waals surface area (Å²) >= 11 is 0. The van der Waals surface area contributed by atoms with Crippen LogP contribution in [0.25, 0.3) is 0 Å². The van der Waals surface area contributed by atoms with Crippen molar-refractivity contribution in [3.05, 3.63) is 18.2 Å². The van der Waals surface area contributed by atoms with Crippen molar-refractivity contribution in [3.8, 4) is 0 Å². The van der Waals surface area contributed by atoms with Gasteiger partial charge in [-0.3, -0.25) is 4.79 Å². The molecule has 0 bridgehead atoms. The number of nitrogens with zero attached hydrogens (tertiary/aromatic N) is 3. The maximum Gasteiger partial charge on any atom is 0.224 e. The summed E-state index contributed by atoms with van der Waals surface area (Å²) in [6.45, 7) is 6.69. The Morgan fingerprint density at radius 2 is 1.84 bits per heavy atom. The summed E-state index contributed by atoms with van der Waals surface area (Å²) in [6, 6.07) is 0. The first-order valence-electron chi connectivity index (χ1n) is 10.1. The lowest BCUT2D eigenvalue weighted by molar-refractivity contribution is -0.135. The van der Waals surface area contributed by atoms with Crippen LogP contribution in [0, 0.1) is 0 Å². The number of rotatable bonds is 6. The van der Waals surface area contributed by atoms with Crippen LogP contribution in [0.3, 0.4) is 0 Å². The van der Waals surface area contributed by atoms with Crippen molar-refractivity contribution < 1.29 is 9.53 Å². The third-order valence-electron chi connectivity index (χ3n) is 5.56. The molecule has 0 aromatic carbocycles. The van der Waals surface area contributed by atoms with Gasteiger partial charge in [0.1, 0.15) is 5.82 Å². The molecule has 1 aromatic heterocycles. The molecule has 140 valence electrons. The fourth-order valence-corrected chi connectivity index (χ4v) is 4.10. The quantitative estimate of drug-likeness (QED) is 0.787. The Labute approximate surface area is 151 Å². The number of amides is 1. The number of hydrogen-bond donors (Lipinski definition) is 0. The standard InChI is InChI=1S/C20H33N3O2/c1-16(2)20-21-11-15-23(20)14-10-19(24)22-12-8-18(9-13-22)25-17-6-4-3-5-7-17/h11,15-18H,3-10,12-14H2,1-2H3. The lowest BCUT2D eigenvalue weighted by Gasteiger charge is -2.35. The lowest BCUT2D eigenvalue weighted by Crippen LogP contribution is -2.42. The Morgan fingerprint density at radius 1 is 1.16 bits per heavy atom. The SMILES string of the molecule is CC(C)c1nccn1CCC(=O)N1CCC(OC2CCCCC2)CC1. The van der Waals surface area contributed by atoms with Gasteiger partial charge < -0.3 is 14.2 Å². The molecule has 1 aliphatic carbocycles. The van der Waals surface area contributed by atoms with Crippen molar-refractivity contribution in [2.45, 2.75) is 89.9 Å². The molecule has 2 heterocycles. The van der Waals surface area contributed by atoms with Crippen LogP contribution in [-0.4, -0.2) is 45.7 Å². The molecule has 2 fully saturated rings. The topological polar surface area (TPSA) is 47.4 Å². The van der Waals surface area contributed by atoms with Gasteiger partial charge in [0, 0.05) is 44.4 Å². The van der Waals surface area contributed by atoms with E-state index in [1.807, 2.05) is 17.3 Å². The van der Waals surface area contributed by atoms with E-state index >= 15 is 0 Å². The van der Waals surface area contributed by atoms with E-state index in [-0.39, 0.29) is 5.91 Å². The fraction of sp³-hybridized carbons (Fsp3) is 0.800. The molecule has 0 radical (unpaired) electrons. The van der Waals surface area contributed by atoms with Crippen molar-refractivity contribution >= 4 is 5.91 Å². The highest BCUT2D eigenvalue weighted by molar-refractivity contribution is 5.76. The average molecular weight is 348 g/mol. The van der Waals surface area contributed by atoms with Crippen LogP contribution in [-0.2, 0) is 16.1 Å². The molecule has 5 nitrogen and oxygen atoms in total. The van der Waals surface area contributed by atoms with Gasteiger partial charge in [-0.2, -0.15) is 0 Å². The molecule has 5 heteroatoms. The highest BCUT2D eigenvalue weighted by Crippen LogP contribution is 2.25. The Hall–Kier alpha value is -1.36. The van der Waals surface area contributed by atoms with Crippen LogP contribution in [0.1, 0.15) is 77.0 Å². The third kappa shape index (κ3) is 5.06. The summed E-state index contributed by atoms with van der Waals surface area (Å²) in [6.07, 6.45) is 13.6. The Balaban J connectivity index is 1.40. The van der Waals surface area contributed by atoms with Crippen molar-refractivity contribution in [2.24, 2.45) is 0 Å². The molecular formula is C20H33N3O2. The fourth-order valence-electron chi connectivity index (χ4n) is 4.10. The van der Waals surface area contributed by atoms with E-state index in [9.17, 15) is 4.79 Å². The van der Waals surface area contributed by atoms with E-state index in [1.165, 1.54) is 32.1 Å². The van der Waals surface area contributed by atoms with Crippen LogP contribution in [0.2, 0.25) is 0 Å². The van der Waals surface area contributed by atoms with Gasteiger partial charge in [0.25, 0.3) is 0 Å². The highest BCUT2D eigenvalue weighted by Gasteiger charge is 2.26. The van der Waals surface area contributed by atoms with Gasteiger partial charge in [0.15, 0.2) is 0 Å². The number of aromatic nitrogens is 2. The Kier molecular flexibility index (Phi) is 6.51. The van der Waals surface area contributed by atoms with Gasteiger partial charge >= 0.3 is 0 Å². The largest absolute Gasteiger partial charge is 0.375 e. The maximum absolute atomic E-state index is 12.5. The van der Waals surface area contributed by atoms with Crippen LogP contribution >= 0.6 is 0 Å². The first kappa shape index (κ1) is 18.4. The van der Waals surface area contributed by atoms with E-state index in [4.69, 9.17) is 4.74 Å². The molecule has 1 aliphatic heterocycles. The predicted octanol–water partition coefficient (Wildman–Crippen LogP) is 3.74. The summed E-state index contributed by atoms with van der Waals surface area (Å²) in [5.74, 6) is 1.71. The first-order valence-corrected chi connectivity index (χ1v) is 10.1. The van der Waals surface area contributed by atoms with Gasteiger partial charge in [0.05, 0.1) is 12.2 Å². The van der Waals surface area contributed by atoms with E-state index in [1.54, 1.807) is 0 Å². The Bertz CT molecular complexity index is 541. The van der Waals surface area contributed by atoms with Crippen LogP contribution < -0.4 is 0 Å². The zero-order valence-electron chi connectivity index (χ0n) is 15.8. The van der Waals surface area contributed by atoms with E-state index < -0.39 is 0 Å². The molecule has 25 heavy (non-hydrogen) atoms. The Morgan fingerprint density at radius 3 is 2.52 bits per heavy atom. The van der Waals surface area contributed by atoms with Gasteiger partial charge in [-0.05, 0) is 25.7 Å². The van der Waals surface area contributed by atoms with Crippen molar-refractivity contribution in [2.75, 3.05) is 13.1 Å². The second kappa shape index (κ2) is 8.84. The van der Waals surface area contributed by atoms with Gasteiger partial charge in [-0.1, -0.05) is 33.1 Å². The summed E-state index contributed by atoms with van der Waals surface area (Å²) in [5.41, 5.74) is 0. The summed E-state index contributed by atoms with van der Waals surface area (Å²) in [5, 5.41) is 0. The number of ether oxygens (including phenoxy) is 1. The molecular weight excluding hydrogens is 314 g/mol. The molecule has 3 rings (SSSR count). The van der Waals surface area contributed by atoms with E-state index in [0.717, 1.165) is 38.3 Å². The molecule has 0 spiro atoms. The molecule has 0 unspecified atom stereocenters. The minimum Gasteiger partial charge on any atom is -0.375 e. The first-order chi connectivity index (χ1) is 12.1. The number of hydrogen-bond acceptors (Lipinski definition) is 3. The average Bonchev–Trinajstić information content (AvgIpc) is 3.10. The smallest absolute Gasteiger partial charge is 0.224 e. The minimum atomic E-state index is 0.263. The second-order valence-corrected chi connectivity index (χ2v) is 7.86. The van der Waals surface area contributed by atoms with E-state index in [2.05, 4.69) is 23.4 Å². The zero-order valence-corrected chi connectivity index (χ0v) is 15.8. The number of carbonyl (C=O) groups is 1. The monoisotopic (exact) mass is 347 g/mol. The molecule has 2 aliphatic rings. The summed E-state index contributed by atoms with van der Waals surface area (Å²) in [4.78, 5) is 18.9. The van der Waals surface area contributed by atoms with Crippen molar-refractivity contribution in [3.63, 3.8) is 0 Å². The van der Waals surface area contributed by atoms with E-state index in [0.29, 0.717) is 24.5 Å². The van der Waals surface area contributed by atoms with Gasteiger partial charge in [-0.15, -0.1) is 0 Å². The second-order valence-electron chi connectivity index (χ2n) is 7.86. The van der Waals surface area contributed by atoms with Crippen molar-refractivity contribution in [1.82, 2.24) is 14.5 Å². The molecule has 0 atom stereocenters. The number of aryl methyl sites for hydroxylation is 1. The molecule has 1 saturated carbocycles. The van der Waals surface area contributed by atoms with Crippen molar-refractivity contribution in [1.29, 1.82) is 0 Å². The van der Waals surface area contributed by atoms with Gasteiger partial charge in [-0.25, -0.2) is 4.98 Å². The normalized spacial score (nSPS) is 20.4. The van der Waals surface area contributed by atoms with Crippen LogP contribution in [0.5, 0.6) is 0 Å². The molecule has 1 aromatic rings. The molecule has 1 saturated heterocycles. The molecule has 1 amide bonds. The number of likely N-dealkylation sites (tertiary alicyclic amines) is 1. The summed E-state index contributed by atoms with van der Waals surface area (Å²) in [7, 11) is 0. The zero-order chi connectivity index (χ0) is 17.6. The number of imidazole rings is 1. The van der Waals surface area contributed by atoms with Crippen LogP contribution in [0.4, 0.5) is 0 Å². The number of carbonyl (C=O) groups excluding carboxylic acids is 1. The highest BCUT2D eigenvalue weighted by atomic mass is 16.5.